The fraction of sp³-hybridized carbons (Fsp3) is 0.424. The van der Waals surface area contributed by atoms with E-state index in [4.69, 9.17) is 19.9 Å². The third-order valence-electron chi connectivity index (χ3n) is 6.77. The average Bonchev–Trinajstić information content (AvgIpc) is 3.41. The van der Waals surface area contributed by atoms with Gasteiger partial charge in [-0.2, -0.15) is 5.10 Å². The van der Waals surface area contributed by atoms with Crippen LogP contribution < -0.4 is 26.4 Å². The van der Waals surface area contributed by atoms with E-state index >= 15 is 0 Å². The number of rotatable bonds is 15. The number of aromatic nitrogens is 2. The molecule has 0 spiro atoms. The van der Waals surface area contributed by atoms with E-state index in [0.717, 1.165) is 11.1 Å². The number of ether oxygens (including phenoxy) is 3. The van der Waals surface area contributed by atoms with Gasteiger partial charge in [0, 0.05) is 12.6 Å². The van der Waals surface area contributed by atoms with Gasteiger partial charge < -0.3 is 35.9 Å². The second kappa shape index (κ2) is 17.0. The highest BCUT2D eigenvalue weighted by molar-refractivity contribution is 5.98. The van der Waals surface area contributed by atoms with E-state index in [1.165, 1.54) is 17.9 Å². The number of hydrogen-bond donors (Lipinski definition) is 4. The van der Waals surface area contributed by atoms with Crippen molar-refractivity contribution in [3.8, 4) is 5.75 Å². The number of nitrogens with one attached hydrogen (secondary N) is 3. The van der Waals surface area contributed by atoms with Crippen LogP contribution in [0.1, 0.15) is 61.6 Å². The molecule has 2 aromatic carbocycles. The van der Waals surface area contributed by atoms with Crippen molar-refractivity contribution in [2.45, 2.75) is 70.7 Å². The zero-order chi connectivity index (χ0) is 33.7. The quantitative estimate of drug-likeness (QED) is 0.144. The van der Waals surface area contributed by atoms with Gasteiger partial charge in [-0.15, -0.1) is 0 Å². The van der Waals surface area contributed by atoms with Crippen LogP contribution in [0.4, 0.5) is 10.6 Å². The summed E-state index contributed by atoms with van der Waals surface area (Å²) in [6, 6.07) is 16.1. The minimum Gasteiger partial charge on any atom is -0.497 e. The molecule has 0 unspecified atom stereocenters. The van der Waals surface area contributed by atoms with Crippen LogP contribution in [0.5, 0.6) is 5.75 Å². The number of carbonyl (C=O) groups is 4. The Hall–Kier alpha value is -4.91. The molecule has 248 valence electrons. The highest BCUT2D eigenvalue weighted by Gasteiger charge is 2.26. The van der Waals surface area contributed by atoms with E-state index in [0.29, 0.717) is 31.6 Å². The van der Waals surface area contributed by atoms with Crippen LogP contribution in [0.3, 0.4) is 0 Å². The molecule has 13 heteroatoms. The van der Waals surface area contributed by atoms with Gasteiger partial charge in [-0.1, -0.05) is 42.5 Å². The van der Waals surface area contributed by atoms with Crippen molar-refractivity contribution in [1.82, 2.24) is 20.4 Å². The zero-order valence-corrected chi connectivity index (χ0v) is 27.0. The number of nitrogens with zero attached hydrogens (tertiary/aromatic N) is 2. The molecule has 1 aromatic heterocycles. The number of esters is 1. The normalized spacial score (nSPS) is 12.4. The first kappa shape index (κ1) is 35.6. The van der Waals surface area contributed by atoms with Crippen molar-refractivity contribution in [2.75, 3.05) is 26.1 Å². The number of methoxy groups -OCH3 is 2. The van der Waals surface area contributed by atoms with Gasteiger partial charge in [0.2, 0.25) is 11.8 Å². The van der Waals surface area contributed by atoms with Crippen LogP contribution >= 0.6 is 0 Å². The molecule has 0 saturated heterocycles. The summed E-state index contributed by atoms with van der Waals surface area (Å²) < 4.78 is 16.8. The third kappa shape index (κ3) is 11.5. The maximum atomic E-state index is 13.5. The number of benzene rings is 2. The van der Waals surface area contributed by atoms with Crippen molar-refractivity contribution >= 4 is 29.7 Å². The Morgan fingerprint density at radius 3 is 2.26 bits per heavy atom. The molecular formula is C33H44N6O7. The van der Waals surface area contributed by atoms with Crippen molar-refractivity contribution in [3.63, 3.8) is 0 Å². The fourth-order valence-electron chi connectivity index (χ4n) is 4.47. The van der Waals surface area contributed by atoms with Crippen LogP contribution in [0.25, 0.3) is 0 Å². The SMILES string of the molecule is COC(=O)c1cc(NC(=O)[C@H](CCCCNC(=O)OC(C)(C)C)NC(=O)[C@@H](N)Cc2ccccc2)nn1Cc1ccc(OC)cc1. The number of nitrogens with two attached hydrogens (primary N) is 1. The van der Waals surface area contributed by atoms with Gasteiger partial charge in [0.05, 0.1) is 26.8 Å². The predicted molar refractivity (Wildman–Crippen MR) is 172 cm³/mol. The largest absolute Gasteiger partial charge is 0.497 e. The monoisotopic (exact) mass is 636 g/mol. The standard InChI is InChI=1S/C33H44N6O7/c1-33(2,3)46-32(43)35-18-10-9-13-26(36-29(40)25(34)19-22-11-7-6-8-12-22)30(41)37-28-20-27(31(42)45-5)39(38-28)21-23-14-16-24(44-4)17-15-23/h6-8,11-12,14-17,20,25-26H,9-10,13,18-19,21,34H2,1-5H3,(H,35,43)(H,36,40)(H,37,38,41)/t25-,26-/m0/s1. The highest BCUT2D eigenvalue weighted by atomic mass is 16.6. The Morgan fingerprint density at radius 1 is 0.935 bits per heavy atom. The van der Waals surface area contributed by atoms with Gasteiger partial charge in [0.25, 0.3) is 0 Å². The molecule has 46 heavy (non-hydrogen) atoms. The van der Waals surface area contributed by atoms with Crippen molar-refractivity contribution in [3.05, 3.63) is 77.5 Å². The Bertz CT molecular complexity index is 1450. The van der Waals surface area contributed by atoms with Gasteiger partial charge in [-0.25, -0.2) is 9.59 Å². The molecule has 5 N–H and O–H groups in total. The molecule has 0 radical (unpaired) electrons. The van der Waals surface area contributed by atoms with Crippen LogP contribution in [0, 0.1) is 0 Å². The van der Waals surface area contributed by atoms with E-state index in [1.54, 1.807) is 40.0 Å². The summed E-state index contributed by atoms with van der Waals surface area (Å²) in [7, 11) is 2.83. The van der Waals surface area contributed by atoms with E-state index in [1.807, 2.05) is 42.5 Å². The Kier molecular flexibility index (Phi) is 13.1. The molecule has 3 amide bonds. The van der Waals surface area contributed by atoms with Crippen LogP contribution in [0.15, 0.2) is 60.7 Å². The van der Waals surface area contributed by atoms with E-state index in [2.05, 4.69) is 21.0 Å². The van der Waals surface area contributed by atoms with Gasteiger partial charge in [0.15, 0.2) is 5.82 Å². The summed E-state index contributed by atoms with van der Waals surface area (Å²) in [4.78, 5) is 51.1. The molecule has 1 heterocycles. The topological polar surface area (TPSA) is 176 Å². The van der Waals surface area contributed by atoms with Crippen LogP contribution in [-0.4, -0.2) is 72.1 Å². The van der Waals surface area contributed by atoms with E-state index in [-0.39, 0.29) is 24.5 Å². The van der Waals surface area contributed by atoms with E-state index in [9.17, 15) is 19.2 Å². The molecule has 13 nitrogen and oxygen atoms in total. The Labute approximate surface area is 269 Å². The minimum atomic E-state index is -0.968. The number of hydrogen-bond acceptors (Lipinski definition) is 9. The molecule has 0 bridgehead atoms. The molecular weight excluding hydrogens is 592 g/mol. The molecule has 2 atom stereocenters. The van der Waals surface area contributed by atoms with Crippen molar-refractivity contribution in [1.29, 1.82) is 0 Å². The van der Waals surface area contributed by atoms with Gasteiger partial charge in [-0.3, -0.25) is 14.3 Å². The molecule has 0 aliphatic rings. The van der Waals surface area contributed by atoms with Crippen LogP contribution in [0.2, 0.25) is 0 Å². The summed E-state index contributed by atoms with van der Waals surface area (Å²) in [6.07, 6.45) is 1.02. The lowest BCUT2D eigenvalue weighted by molar-refractivity contribution is -0.127. The molecule has 0 aliphatic heterocycles. The maximum absolute atomic E-state index is 13.5. The smallest absolute Gasteiger partial charge is 0.407 e. The molecule has 0 aliphatic carbocycles. The van der Waals surface area contributed by atoms with Gasteiger partial charge >= 0.3 is 12.1 Å². The predicted octanol–water partition coefficient (Wildman–Crippen LogP) is 3.41. The number of unbranched alkanes of at least 4 members (excludes halogenated alkanes) is 1. The maximum Gasteiger partial charge on any atom is 0.407 e. The fourth-order valence-corrected chi connectivity index (χ4v) is 4.47. The zero-order valence-electron chi connectivity index (χ0n) is 27.0. The Morgan fingerprint density at radius 2 is 1.63 bits per heavy atom. The Balaban J connectivity index is 1.71. The van der Waals surface area contributed by atoms with Gasteiger partial charge in [-0.05, 0) is 69.7 Å². The van der Waals surface area contributed by atoms with Crippen molar-refractivity contribution < 1.29 is 33.4 Å². The molecule has 3 rings (SSSR count). The van der Waals surface area contributed by atoms with Gasteiger partial charge in [0.1, 0.15) is 23.1 Å². The first-order chi connectivity index (χ1) is 21.9. The number of amides is 3. The summed E-state index contributed by atoms with van der Waals surface area (Å²) in [5.74, 6) is -0.862. The number of carbonyl (C=O) groups excluding carboxylic acids is 4. The molecule has 0 saturated carbocycles. The minimum absolute atomic E-state index is 0.110. The summed E-state index contributed by atoms with van der Waals surface area (Å²) in [5, 5.41) is 12.6. The number of anilines is 1. The third-order valence-corrected chi connectivity index (χ3v) is 6.77. The lowest BCUT2D eigenvalue weighted by Gasteiger charge is -2.21. The molecule has 0 fully saturated rings. The highest BCUT2D eigenvalue weighted by Crippen LogP contribution is 2.17. The lowest BCUT2D eigenvalue weighted by atomic mass is 10.0. The molecule has 3 aromatic rings. The first-order valence-corrected chi connectivity index (χ1v) is 15.0. The second-order valence-corrected chi connectivity index (χ2v) is 11.7. The second-order valence-electron chi connectivity index (χ2n) is 11.7. The summed E-state index contributed by atoms with van der Waals surface area (Å²) in [5.41, 5.74) is 7.43. The average molecular weight is 637 g/mol. The first-order valence-electron chi connectivity index (χ1n) is 15.0. The summed E-state index contributed by atoms with van der Waals surface area (Å²) in [6.45, 7) is 5.87. The summed E-state index contributed by atoms with van der Waals surface area (Å²) >= 11 is 0. The lowest BCUT2D eigenvalue weighted by Crippen LogP contribution is -2.50. The van der Waals surface area contributed by atoms with E-state index < -0.39 is 41.6 Å². The van der Waals surface area contributed by atoms with Crippen LogP contribution in [-0.2, 0) is 32.0 Å². The van der Waals surface area contributed by atoms with Crippen molar-refractivity contribution in [2.24, 2.45) is 5.73 Å². The number of alkyl carbamates (subject to hydrolysis) is 1.